The number of aromatic nitrogens is 1. The maximum atomic E-state index is 13.5. The molecule has 1 aromatic heterocycles. The second-order valence-corrected chi connectivity index (χ2v) is 5.77. The minimum absolute atomic E-state index is 0.0633. The zero-order valence-corrected chi connectivity index (χ0v) is 11.9. The molecule has 1 fully saturated rings. The van der Waals surface area contributed by atoms with Gasteiger partial charge in [0.05, 0.1) is 16.9 Å². The Hall–Kier alpha value is -2.15. The highest BCUT2D eigenvalue weighted by Crippen LogP contribution is 2.45. The first-order valence-corrected chi connectivity index (χ1v) is 7.47. The lowest BCUT2D eigenvalue weighted by molar-refractivity contribution is 0.251. The molecule has 1 aliphatic rings. The summed E-state index contributed by atoms with van der Waals surface area (Å²) in [5.41, 5.74) is 1.76. The third-order valence-corrected chi connectivity index (χ3v) is 4.29. The van der Waals surface area contributed by atoms with Gasteiger partial charge in [-0.05, 0) is 30.9 Å². The van der Waals surface area contributed by atoms with E-state index in [9.17, 15) is 14.3 Å². The van der Waals surface area contributed by atoms with E-state index in [1.165, 1.54) is 29.5 Å². The molecule has 0 spiro atoms. The average Bonchev–Trinajstić information content (AvgIpc) is 3.19. The first-order valence-electron chi connectivity index (χ1n) is 6.59. The molecule has 2 amide bonds. The highest BCUT2D eigenvalue weighted by molar-refractivity contribution is 7.10. The molecule has 1 saturated carbocycles. The van der Waals surface area contributed by atoms with Crippen LogP contribution < -0.4 is 10.6 Å². The topological polar surface area (TPSA) is 74.2 Å². The van der Waals surface area contributed by atoms with Gasteiger partial charge in [-0.15, -0.1) is 11.3 Å². The van der Waals surface area contributed by atoms with Gasteiger partial charge in [0.1, 0.15) is 17.4 Å². The number of phenolic OH excluding ortho intramolecular Hbond substituents is 1. The lowest BCUT2D eigenvalue weighted by Crippen LogP contribution is -2.29. The van der Waals surface area contributed by atoms with Gasteiger partial charge in [-0.25, -0.2) is 14.2 Å². The minimum Gasteiger partial charge on any atom is -0.507 e. The van der Waals surface area contributed by atoms with Gasteiger partial charge in [0.2, 0.25) is 0 Å². The molecule has 0 bridgehead atoms. The summed E-state index contributed by atoms with van der Waals surface area (Å²) in [7, 11) is 0. The van der Waals surface area contributed by atoms with Crippen molar-refractivity contribution in [2.45, 2.75) is 25.3 Å². The summed E-state index contributed by atoms with van der Waals surface area (Å²) < 4.78 is 13.5. The van der Waals surface area contributed by atoms with E-state index in [-0.39, 0.29) is 17.9 Å². The van der Waals surface area contributed by atoms with Crippen LogP contribution in [0.1, 0.15) is 29.2 Å². The molecular formula is C14H14FN3O2S. The van der Waals surface area contributed by atoms with Crippen LogP contribution in [0.4, 0.5) is 15.0 Å². The van der Waals surface area contributed by atoms with E-state index in [0.29, 0.717) is 11.7 Å². The number of amides is 2. The average molecular weight is 307 g/mol. The van der Waals surface area contributed by atoms with Gasteiger partial charge in [0.15, 0.2) is 0 Å². The Balaban J connectivity index is 1.60. The maximum absolute atomic E-state index is 13.5. The first-order chi connectivity index (χ1) is 10.1. The van der Waals surface area contributed by atoms with Crippen molar-refractivity contribution < 1.29 is 14.3 Å². The summed E-state index contributed by atoms with van der Waals surface area (Å²) in [6, 6.07) is 3.56. The molecule has 7 heteroatoms. The molecule has 1 heterocycles. The molecule has 1 aromatic carbocycles. The Morgan fingerprint density at radius 3 is 3.00 bits per heavy atom. The van der Waals surface area contributed by atoms with Crippen molar-refractivity contribution in [3.05, 3.63) is 40.0 Å². The fourth-order valence-electron chi connectivity index (χ4n) is 2.03. The lowest BCUT2D eigenvalue weighted by Gasteiger charge is -2.09. The van der Waals surface area contributed by atoms with E-state index in [2.05, 4.69) is 15.6 Å². The number of urea groups is 1. The number of rotatable bonds is 4. The van der Waals surface area contributed by atoms with E-state index in [4.69, 9.17) is 0 Å². The molecule has 2 aromatic rings. The summed E-state index contributed by atoms with van der Waals surface area (Å²) in [4.78, 5) is 17.1. The van der Waals surface area contributed by atoms with E-state index < -0.39 is 11.8 Å². The highest BCUT2D eigenvalue weighted by atomic mass is 32.1. The molecule has 0 atom stereocenters. The zero-order valence-electron chi connectivity index (χ0n) is 11.1. The quantitative estimate of drug-likeness (QED) is 0.812. The van der Waals surface area contributed by atoms with Gasteiger partial charge >= 0.3 is 6.03 Å². The smallest absolute Gasteiger partial charge is 0.320 e. The predicted octanol–water partition coefficient (Wildman–Crippen LogP) is 3.19. The molecule has 21 heavy (non-hydrogen) atoms. The summed E-state index contributed by atoms with van der Waals surface area (Å²) in [5.74, 6) is 0.339. The van der Waals surface area contributed by atoms with E-state index in [0.717, 1.165) is 17.7 Å². The SMILES string of the molecule is O=C(NCc1c(O)cccc1F)Nc1ncsc1C1CC1. The number of carbonyl (C=O) groups is 1. The van der Waals surface area contributed by atoms with Crippen LogP contribution in [0.5, 0.6) is 5.75 Å². The summed E-state index contributed by atoms with van der Waals surface area (Å²) in [6.07, 6.45) is 2.25. The molecular weight excluding hydrogens is 293 g/mol. The number of phenols is 1. The van der Waals surface area contributed by atoms with Gasteiger partial charge in [-0.1, -0.05) is 6.07 Å². The van der Waals surface area contributed by atoms with Crippen molar-refractivity contribution in [2.75, 3.05) is 5.32 Å². The van der Waals surface area contributed by atoms with Crippen molar-refractivity contribution in [3.63, 3.8) is 0 Å². The van der Waals surface area contributed by atoms with E-state index in [1.807, 2.05) is 0 Å². The minimum atomic E-state index is -0.553. The Morgan fingerprint density at radius 1 is 1.48 bits per heavy atom. The van der Waals surface area contributed by atoms with Gasteiger partial charge in [0.25, 0.3) is 0 Å². The van der Waals surface area contributed by atoms with Crippen molar-refractivity contribution >= 4 is 23.2 Å². The number of thiazole rings is 1. The summed E-state index contributed by atoms with van der Waals surface area (Å²) >= 11 is 1.53. The maximum Gasteiger partial charge on any atom is 0.320 e. The Kier molecular flexibility index (Phi) is 3.74. The number of aromatic hydroxyl groups is 1. The molecule has 110 valence electrons. The number of benzene rings is 1. The lowest BCUT2D eigenvalue weighted by atomic mass is 10.2. The summed E-state index contributed by atoms with van der Waals surface area (Å²) in [5, 5.41) is 14.7. The monoisotopic (exact) mass is 307 g/mol. The first kappa shape index (κ1) is 13.8. The molecule has 0 saturated heterocycles. The molecule has 3 N–H and O–H groups in total. The standard InChI is InChI=1S/C14H14FN3O2S/c15-10-2-1-3-11(19)9(10)6-16-14(20)18-13-12(8-4-5-8)21-7-17-13/h1-3,7-8,19H,4-6H2,(H2,16,18,20). The molecule has 5 nitrogen and oxygen atoms in total. The van der Waals surface area contributed by atoms with Crippen LogP contribution in [-0.2, 0) is 6.54 Å². The fourth-order valence-corrected chi connectivity index (χ4v) is 2.94. The highest BCUT2D eigenvalue weighted by Gasteiger charge is 2.28. The normalized spacial score (nSPS) is 14.0. The third kappa shape index (κ3) is 3.13. The van der Waals surface area contributed by atoms with Crippen LogP contribution in [0, 0.1) is 5.82 Å². The molecule has 0 aliphatic heterocycles. The Labute approximate surface area is 124 Å². The number of anilines is 1. The van der Waals surface area contributed by atoms with Crippen LogP contribution >= 0.6 is 11.3 Å². The van der Waals surface area contributed by atoms with Crippen LogP contribution in [0.2, 0.25) is 0 Å². The fraction of sp³-hybridized carbons (Fsp3) is 0.286. The molecule has 0 radical (unpaired) electrons. The zero-order chi connectivity index (χ0) is 14.8. The van der Waals surface area contributed by atoms with Gasteiger partial charge < -0.3 is 10.4 Å². The number of nitrogens with one attached hydrogen (secondary N) is 2. The van der Waals surface area contributed by atoms with Gasteiger partial charge in [-0.3, -0.25) is 5.32 Å². The number of halogens is 1. The second-order valence-electron chi connectivity index (χ2n) is 4.88. The Bertz CT molecular complexity index is 650. The molecule has 0 unspecified atom stereocenters. The van der Waals surface area contributed by atoms with Crippen molar-refractivity contribution in [1.82, 2.24) is 10.3 Å². The Morgan fingerprint density at radius 2 is 2.29 bits per heavy atom. The number of nitrogens with zero attached hydrogens (tertiary/aromatic N) is 1. The summed E-state index contributed by atoms with van der Waals surface area (Å²) in [6.45, 7) is -0.0900. The number of carbonyl (C=O) groups excluding carboxylic acids is 1. The number of hydrogen-bond donors (Lipinski definition) is 3. The van der Waals surface area contributed by atoms with Crippen LogP contribution in [0.25, 0.3) is 0 Å². The predicted molar refractivity (Wildman–Crippen MR) is 78.0 cm³/mol. The van der Waals surface area contributed by atoms with Crippen molar-refractivity contribution in [2.24, 2.45) is 0 Å². The van der Waals surface area contributed by atoms with Crippen LogP contribution in [-0.4, -0.2) is 16.1 Å². The third-order valence-electron chi connectivity index (χ3n) is 3.29. The van der Waals surface area contributed by atoms with Crippen molar-refractivity contribution in [3.8, 4) is 5.75 Å². The number of hydrogen-bond acceptors (Lipinski definition) is 4. The van der Waals surface area contributed by atoms with Crippen molar-refractivity contribution in [1.29, 1.82) is 0 Å². The molecule has 1 aliphatic carbocycles. The van der Waals surface area contributed by atoms with Crippen LogP contribution in [0.3, 0.4) is 0 Å². The van der Waals surface area contributed by atoms with Gasteiger partial charge in [0, 0.05) is 5.56 Å². The molecule has 3 rings (SSSR count). The van der Waals surface area contributed by atoms with Crippen LogP contribution in [0.15, 0.2) is 23.7 Å². The largest absolute Gasteiger partial charge is 0.507 e. The van der Waals surface area contributed by atoms with E-state index >= 15 is 0 Å². The van der Waals surface area contributed by atoms with E-state index in [1.54, 1.807) is 5.51 Å². The van der Waals surface area contributed by atoms with Gasteiger partial charge in [-0.2, -0.15) is 0 Å². The second kappa shape index (κ2) is 5.69.